The van der Waals surface area contributed by atoms with Crippen LogP contribution in [0.5, 0.6) is 11.5 Å². The van der Waals surface area contributed by atoms with Gasteiger partial charge in [-0.1, -0.05) is 48.5 Å². The molecule has 2 N–H and O–H groups in total. The lowest BCUT2D eigenvalue weighted by atomic mass is 9.98. The fraction of sp³-hybridized carbons (Fsp3) is 0.355. The fourth-order valence-corrected chi connectivity index (χ4v) is 5.15. The van der Waals surface area contributed by atoms with Gasteiger partial charge in [0.15, 0.2) is 6.04 Å². The van der Waals surface area contributed by atoms with Crippen LogP contribution in [-0.2, 0) is 20.8 Å². The largest absolute Gasteiger partial charge is 0.507 e. The maximum absolute atomic E-state index is 13.7. The van der Waals surface area contributed by atoms with Crippen LogP contribution >= 0.6 is 0 Å². The number of phenols is 1. The molecule has 0 heterocycles. The fourth-order valence-electron chi connectivity index (χ4n) is 5.15. The van der Waals surface area contributed by atoms with E-state index < -0.39 is 29.8 Å². The highest BCUT2D eigenvalue weighted by Crippen LogP contribution is 2.44. The van der Waals surface area contributed by atoms with E-state index in [-0.39, 0.29) is 24.8 Å². The summed E-state index contributed by atoms with van der Waals surface area (Å²) in [4.78, 5) is 27.3. The Kier molecular flexibility index (Phi) is 8.16. The number of fused-ring (bicyclic) bond motifs is 3. The monoisotopic (exact) mass is 533 g/mol. The summed E-state index contributed by atoms with van der Waals surface area (Å²) in [7, 11) is 1.48. The summed E-state index contributed by atoms with van der Waals surface area (Å²) in [6.07, 6.45) is -1.69. The Labute approximate surface area is 228 Å². The molecule has 8 nitrogen and oxygen atoms in total. The molecular formula is C31H35NO7. The first-order valence-corrected chi connectivity index (χ1v) is 12.9. The number of carbonyl (C=O) groups is 2. The summed E-state index contributed by atoms with van der Waals surface area (Å²) < 4.78 is 16.9. The Morgan fingerprint density at radius 2 is 1.56 bits per heavy atom. The highest BCUT2D eigenvalue weighted by molar-refractivity contribution is 5.81. The normalized spacial score (nSPS) is 14.2. The number of carboxylic acids is 1. The third-order valence-electron chi connectivity index (χ3n) is 6.78. The molecule has 1 aliphatic rings. The summed E-state index contributed by atoms with van der Waals surface area (Å²) >= 11 is 0. The van der Waals surface area contributed by atoms with Crippen LogP contribution in [-0.4, -0.2) is 58.6 Å². The van der Waals surface area contributed by atoms with Gasteiger partial charge in [0, 0.05) is 17.5 Å². The molecule has 206 valence electrons. The first-order chi connectivity index (χ1) is 18.5. The minimum atomic E-state index is -1.37. The zero-order valence-corrected chi connectivity index (χ0v) is 22.9. The van der Waals surface area contributed by atoms with Crippen LogP contribution in [0.3, 0.4) is 0 Å². The maximum Gasteiger partial charge on any atom is 0.410 e. The van der Waals surface area contributed by atoms with E-state index >= 15 is 0 Å². The number of carboxylic acid groups (broad SMARTS) is 1. The second kappa shape index (κ2) is 11.4. The molecule has 0 fully saturated rings. The van der Waals surface area contributed by atoms with Crippen molar-refractivity contribution < 1.29 is 34.0 Å². The first-order valence-electron chi connectivity index (χ1n) is 12.9. The van der Waals surface area contributed by atoms with Crippen molar-refractivity contribution in [3.05, 3.63) is 83.4 Å². The number of ether oxygens (including phenoxy) is 3. The molecule has 0 radical (unpaired) electrons. The van der Waals surface area contributed by atoms with Crippen LogP contribution < -0.4 is 4.74 Å². The van der Waals surface area contributed by atoms with Gasteiger partial charge in [-0.25, -0.2) is 9.59 Å². The van der Waals surface area contributed by atoms with Crippen LogP contribution in [0.1, 0.15) is 50.3 Å². The summed E-state index contributed by atoms with van der Waals surface area (Å²) in [6, 6.07) is 19.2. The maximum atomic E-state index is 13.7. The van der Waals surface area contributed by atoms with E-state index in [9.17, 15) is 19.8 Å². The van der Waals surface area contributed by atoms with E-state index in [1.165, 1.54) is 13.2 Å². The molecule has 0 unspecified atom stereocenters. The molecule has 39 heavy (non-hydrogen) atoms. The first kappa shape index (κ1) is 28.0. The number of methoxy groups -OCH3 is 1. The van der Waals surface area contributed by atoms with Crippen molar-refractivity contribution in [3.8, 4) is 22.6 Å². The van der Waals surface area contributed by atoms with Crippen LogP contribution in [0.25, 0.3) is 11.1 Å². The molecule has 0 aromatic heterocycles. The van der Waals surface area contributed by atoms with E-state index in [2.05, 4.69) is 0 Å². The van der Waals surface area contributed by atoms with Gasteiger partial charge in [-0.2, -0.15) is 0 Å². The van der Waals surface area contributed by atoms with Crippen LogP contribution in [0.4, 0.5) is 4.79 Å². The number of phenolic OH excluding ortho intramolecular Hbond substituents is 1. The third-order valence-corrected chi connectivity index (χ3v) is 6.78. The second-order valence-electron chi connectivity index (χ2n) is 10.6. The van der Waals surface area contributed by atoms with Crippen molar-refractivity contribution >= 4 is 12.1 Å². The second-order valence-corrected chi connectivity index (χ2v) is 10.6. The summed E-state index contributed by atoms with van der Waals surface area (Å²) in [5.41, 5.74) is 3.96. The number of aromatic hydroxyl groups is 1. The molecule has 0 spiro atoms. The zero-order chi connectivity index (χ0) is 28.3. The van der Waals surface area contributed by atoms with Crippen LogP contribution in [0, 0.1) is 0 Å². The Morgan fingerprint density at radius 1 is 0.974 bits per heavy atom. The predicted molar refractivity (Wildman–Crippen MR) is 147 cm³/mol. The predicted octanol–water partition coefficient (Wildman–Crippen LogP) is 5.81. The molecule has 4 rings (SSSR count). The summed E-state index contributed by atoms with van der Waals surface area (Å²) in [5.74, 6) is -1.13. The quantitative estimate of drug-likeness (QED) is 0.358. The van der Waals surface area contributed by atoms with Gasteiger partial charge < -0.3 is 24.4 Å². The van der Waals surface area contributed by atoms with Gasteiger partial charge in [-0.15, -0.1) is 0 Å². The van der Waals surface area contributed by atoms with Gasteiger partial charge >= 0.3 is 12.1 Å². The average molecular weight is 534 g/mol. The van der Waals surface area contributed by atoms with Crippen LogP contribution in [0.15, 0.2) is 66.7 Å². The number of hydrogen-bond acceptors (Lipinski definition) is 6. The van der Waals surface area contributed by atoms with E-state index in [0.717, 1.165) is 27.2 Å². The van der Waals surface area contributed by atoms with Gasteiger partial charge in [0.25, 0.3) is 0 Å². The number of aliphatic carboxylic acids is 1. The molecule has 1 aliphatic carbocycles. The summed E-state index contributed by atoms with van der Waals surface area (Å²) in [6.45, 7) is 6.88. The highest BCUT2D eigenvalue weighted by Gasteiger charge is 2.39. The number of amides is 1. The topological polar surface area (TPSA) is 106 Å². The van der Waals surface area contributed by atoms with Crippen molar-refractivity contribution in [2.24, 2.45) is 0 Å². The number of rotatable bonds is 9. The number of benzene rings is 3. The van der Waals surface area contributed by atoms with Crippen molar-refractivity contribution in [3.63, 3.8) is 0 Å². The molecule has 0 aliphatic heterocycles. The minimum absolute atomic E-state index is 0.0266. The molecular weight excluding hydrogens is 498 g/mol. The van der Waals surface area contributed by atoms with Gasteiger partial charge in [-0.05, 0) is 62.1 Å². The standard InChI is InChI=1S/C31H35NO7/c1-19(39-31(2,3)4)28(29(34)35)32(17-20-14-15-21(37-5)16-27(20)33)30(36)38-18-26-24-12-8-6-10-22(24)23-11-7-9-13-25(23)26/h6-16,19,26,28,33H,17-18H2,1-5H3,(H,34,35)/t19-,28+/m1/s1. The van der Waals surface area contributed by atoms with Crippen molar-refractivity contribution in [2.75, 3.05) is 13.7 Å². The number of nitrogens with zero attached hydrogens (tertiary/aromatic N) is 1. The Morgan fingerprint density at radius 3 is 2.08 bits per heavy atom. The Balaban J connectivity index is 1.64. The lowest BCUT2D eigenvalue weighted by molar-refractivity contribution is -0.154. The molecule has 3 aromatic rings. The third kappa shape index (κ3) is 6.17. The van der Waals surface area contributed by atoms with E-state index in [1.807, 2.05) is 69.3 Å². The van der Waals surface area contributed by atoms with Gasteiger partial charge in [-0.3, -0.25) is 4.90 Å². The molecule has 0 saturated heterocycles. The average Bonchev–Trinajstić information content (AvgIpc) is 3.20. The van der Waals surface area contributed by atoms with Gasteiger partial charge in [0.05, 0.1) is 25.4 Å². The van der Waals surface area contributed by atoms with E-state index in [4.69, 9.17) is 14.2 Å². The van der Waals surface area contributed by atoms with Crippen molar-refractivity contribution in [1.82, 2.24) is 4.90 Å². The minimum Gasteiger partial charge on any atom is -0.507 e. The zero-order valence-electron chi connectivity index (χ0n) is 22.9. The van der Waals surface area contributed by atoms with Crippen molar-refractivity contribution in [1.29, 1.82) is 0 Å². The molecule has 0 saturated carbocycles. The lowest BCUT2D eigenvalue weighted by Crippen LogP contribution is -2.53. The molecule has 1 amide bonds. The van der Waals surface area contributed by atoms with E-state index in [0.29, 0.717) is 11.3 Å². The smallest absolute Gasteiger partial charge is 0.410 e. The lowest BCUT2D eigenvalue weighted by Gasteiger charge is -2.35. The highest BCUT2D eigenvalue weighted by atomic mass is 16.6. The van der Waals surface area contributed by atoms with Gasteiger partial charge in [0.2, 0.25) is 0 Å². The van der Waals surface area contributed by atoms with Gasteiger partial charge in [0.1, 0.15) is 18.1 Å². The molecule has 3 aromatic carbocycles. The number of carbonyl (C=O) groups excluding carboxylic acids is 1. The van der Waals surface area contributed by atoms with Crippen LogP contribution in [0.2, 0.25) is 0 Å². The molecule has 0 bridgehead atoms. The Bertz CT molecular complexity index is 1300. The van der Waals surface area contributed by atoms with Crippen molar-refractivity contribution in [2.45, 2.75) is 57.9 Å². The SMILES string of the molecule is COc1ccc(CN(C(=O)OCC2c3ccccc3-c3ccccc32)[C@H](C(=O)O)[C@@H](C)OC(C)(C)C)c(O)c1. The molecule has 2 atom stereocenters. The number of hydrogen-bond donors (Lipinski definition) is 2. The Hall–Kier alpha value is -4.04. The van der Waals surface area contributed by atoms with E-state index in [1.54, 1.807) is 19.1 Å². The molecule has 8 heteroatoms. The summed E-state index contributed by atoms with van der Waals surface area (Å²) in [5, 5.41) is 20.8.